The van der Waals surface area contributed by atoms with Gasteiger partial charge in [-0.25, -0.2) is 0 Å². The number of ether oxygens (including phenoxy) is 2. The molecule has 0 aliphatic carbocycles. The van der Waals surface area contributed by atoms with E-state index in [1.165, 1.54) is 0 Å². The summed E-state index contributed by atoms with van der Waals surface area (Å²) in [5, 5.41) is 0. The Kier molecular flexibility index (Phi) is 5.87. The summed E-state index contributed by atoms with van der Waals surface area (Å²) >= 11 is 0. The molecule has 0 N–H and O–H groups in total. The van der Waals surface area contributed by atoms with E-state index in [2.05, 4.69) is 0 Å². The molecule has 0 spiro atoms. The number of carbonyl (C=O) groups is 2. The first-order valence-electron chi connectivity index (χ1n) is 9.30. The molecule has 2 atom stereocenters. The number of hydrogen-bond donors (Lipinski definition) is 0. The van der Waals surface area contributed by atoms with Crippen LogP contribution in [0.4, 0.5) is 5.69 Å². The number of hydrogen-bond acceptors (Lipinski definition) is 4. The summed E-state index contributed by atoms with van der Waals surface area (Å²) in [4.78, 5) is 29.1. The standard InChI is InChI=1S/C22H26N2O4/c1-15(16-8-6-5-7-9-16)23(2)22(26)17-12-21(25)24(14-17)19-13-18(27-3)10-11-20(19)28-4/h5-11,13,15,17H,12,14H2,1-4H3. The molecule has 1 aliphatic heterocycles. The molecule has 6 heteroatoms. The molecule has 0 aromatic heterocycles. The zero-order valence-corrected chi connectivity index (χ0v) is 16.7. The molecule has 1 aliphatic rings. The van der Waals surface area contributed by atoms with Crippen LogP contribution in [0.5, 0.6) is 11.5 Å². The van der Waals surface area contributed by atoms with Gasteiger partial charge < -0.3 is 19.3 Å². The Morgan fingerprint density at radius 2 is 1.86 bits per heavy atom. The Hall–Kier alpha value is -3.02. The third-order valence-corrected chi connectivity index (χ3v) is 5.36. The van der Waals surface area contributed by atoms with Gasteiger partial charge in [0.15, 0.2) is 0 Å². The lowest BCUT2D eigenvalue weighted by Gasteiger charge is -2.28. The highest BCUT2D eigenvalue weighted by Crippen LogP contribution is 2.36. The predicted molar refractivity (Wildman–Crippen MR) is 108 cm³/mol. The number of nitrogens with zero attached hydrogens (tertiary/aromatic N) is 2. The van der Waals surface area contributed by atoms with Gasteiger partial charge in [0.2, 0.25) is 11.8 Å². The molecule has 1 saturated heterocycles. The highest BCUT2D eigenvalue weighted by Gasteiger charge is 2.38. The SMILES string of the molecule is COc1ccc(OC)c(N2CC(C(=O)N(C)C(C)c3ccccc3)CC2=O)c1. The molecule has 1 heterocycles. The van der Waals surface area contributed by atoms with Gasteiger partial charge >= 0.3 is 0 Å². The van der Waals surface area contributed by atoms with Crippen molar-refractivity contribution < 1.29 is 19.1 Å². The summed E-state index contributed by atoms with van der Waals surface area (Å²) in [5.41, 5.74) is 1.69. The first-order valence-corrected chi connectivity index (χ1v) is 9.30. The predicted octanol–water partition coefficient (Wildman–Crippen LogP) is 3.28. The Bertz CT molecular complexity index is 853. The normalized spacial score (nSPS) is 17.4. The summed E-state index contributed by atoms with van der Waals surface area (Å²) in [6.07, 6.45) is 0.186. The van der Waals surface area contributed by atoms with E-state index in [4.69, 9.17) is 9.47 Å². The van der Waals surface area contributed by atoms with Gasteiger partial charge in [-0.1, -0.05) is 30.3 Å². The molecular weight excluding hydrogens is 356 g/mol. The summed E-state index contributed by atoms with van der Waals surface area (Å²) in [7, 11) is 4.92. The van der Waals surface area contributed by atoms with Crippen LogP contribution in [0.25, 0.3) is 0 Å². The largest absolute Gasteiger partial charge is 0.497 e. The lowest BCUT2D eigenvalue weighted by atomic mass is 10.0. The van der Waals surface area contributed by atoms with Gasteiger partial charge in [0.1, 0.15) is 11.5 Å². The van der Waals surface area contributed by atoms with E-state index < -0.39 is 0 Å². The van der Waals surface area contributed by atoms with Crippen molar-refractivity contribution in [3.63, 3.8) is 0 Å². The molecule has 28 heavy (non-hydrogen) atoms. The Morgan fingerprint density at radius 1 is 1.14 bits per heavy atom. The topological polar surface area (TPSA) is 59.1 Å². The molecule has 1 fully saturated rings. The third-order valence-electron chi connectivity index (χ3n) is 5.36. The van der Waals surface area contributed by atoms with Crippen molar-refractivity contribution in [2.24, 2.45) is 5.92 Å². The van der Waals surface area contributed by atoms with Crippen LogP contribution in [0.15, 0.2) is 48.5 Å². The fourth-order valence-electron chi connectivity index (χ4n) is 3.55. The maximum absolute atomic E-state index is 13.1. The van der Waals surface area contributed by atoms with Crippen LogP contribution in [-0.4, -0.2) is 44.5 Å². The molecule has 2 unspecified atom stereocenters. The Balaban J connectivity index is 1.78. The van der Waals surface area contributed by atoms with E-state index in [9.17, 15) is 9.59 Å². The van der Waals surface area contributed by atoms with Crippen LogP contribution in [0.1, 0.15) is 24.9 Å². The van der Waals surface area contributed by atoms with E-state index in [0.29, 0.717) is 23.7 Å². The lowest BCUT2D eigenvalue weighted by molar-refractivity contribution is -0.136. The summed E-state index contributed by atoms with van der Waals surface area (Å²) < 4.78 is 10.7. The first-order chi connectivity index (χ1) is 13.5. The number of amides is 2. The van der Waals surface area contributed by atoms with Gasteiger partial charge in [0, 0.05) is 26.1 Å². The van der Waals surface area contributed by atoms with Crippen molar-refractivity contribution in [3.8, 4) is 11.5 Å². The van der Waals surface area contributed by atoms with E-state index in [0.717, 1.165) is 5.56 Å². The highest BCUT2D eigenvalue weighted by atomic mass is 16.5. The number of benzene rings is 2. The van der Waals surface area contributed by atoms with Crippen molar-refractivity contribution in [2.75, 3.05) is 32.7 Å². The molecule has 148 valence electrons. The smallest absolute Gasteiger partial charge is 0.228 e. The molecule has 0 bridgehead atoms. The zero-order chi connectivity index (χ0) is 20.3. The van der Waals surface area contributed by atoms with Gasteiger partial charge in [-0.05, 0) is 24.6 Å². The maximum Gasteiger partial charge on any atom is 0.228 e. The highest BCUT2D eigenvalue weighted by molar-refractivity contribution is 6.01. The van der Waals surface area contributed by atoms with E-state index >= 15 is 0 Å². The summed E-state index contributed by atoms with van der Waals surface area (Å²) in [5.74, 6) is 0.695. The van der Waals surface area contributed by atoms with Crippen molar-refractivity contribution in [1.82, 2.24) is 4.90 Å². The average molecular weight is 382 g/mol. The van der Waals surface area contributed by atoms with Crippen molar-refractivity contribution in [1.29, 1.82) is 0 Å². The molecule has 3 rings (SSSR count). The summed E-state index contributed by atoms with van der Waals surface area (Å²) in [6.45, 7) is 2.32. The fraction of sp³-hybridized carbons (Fsp3) is 0.364. The zero-order valence-electron chi connectivity index (χ0n) is 16.7. The quantitative estimate of drug-likeness (QED) is 0.769. The molecule has 2 aromatic rings. The second kappa shape index (κ2) is 8.33. The van der Waals surface area contributed by atoms with Crippen LogP contribution < -0.4 is 14.4 Å². The third kappa shape index (κ3) is 3.81. The van der Waals surface area contributed by atoms with Crippen LogP contribution in [0.3, 0.4) is 0 Å². The van der Waals surface area contributed by atoms with E-state index in [1.807, 2.05) is 37.3 Å². The van der Waals surface area contributed by atoms with Gasteiger partial charge in [-0.3, -0.25) is 9.59 Å². The fourth-order valence-corrected chi connectivity index (χ4v) is 3.55. The van der Waals surface area contributed by atoms with Gasteiger partial charge in [0.05, 0.1) is 31.9 Å². The molecule has 2 aromatic carbocycles. The van der Waals surface area contributed by atoms with Crippen LogP contribution in [0.2, 0.25) is 0 Å². The molecular formula is C22H26N2O4. The van der Waals surface area contributed by atoms with Crippen LogP contribution in [0, 0.1) is 5.92 Å². The molecule has 0 radical (unpaired) electrons. The second-order valence-corrected chi connectivity index (χ2v) is 6.98. The first kappa shape index (κ1) is 19.7. The second-order valence-electron chi connectivity index (χ2n) is 6.98. The van der Waals surface area contributed by atoms with Crippen molar-refractivity contribution in [2.45, 2.75) is 19.4 Å². The van der Waals surface area contributed by atoms with Crippen molar-refractivity contribution in [3.05, 3.63) is 54.1 Å². The van der Waals surface area contributed by atoms with Gasteiger partial charge in [-0.15, -0.1) is 0 Å². The molecule has 2 amide bonds. The molecule has 0 saturated carbocycles. The number of methoxy groups -OCH3 is 2. The van der Waals surface area contributed by atoms with Crippen molar-refractivity contribution >= 4 is 17.5 Å². The maximum atomic E-state index is 13.1. The Labute approximate surface area is 165 Å². The molecule has 6 nitrogen and oxygen atoms in total. The number of anilines is 1. The minimum atomic E-state index is -0.389. The lowest BCUT2D eigenvalue weighted by Crippen LogP contribution is -2.36. The number of rotatable bonds is 6. The minimum absolute atomic E-state index is 0.0333. The average Bonchev–Trinajstić information content (AvgIpc) is 3.13. The number of carbonyl (C=O) groups excluding carboxylic acids is 2. The summed E-state index contributed by atoms with van der Waals surface area (Å²) in [6, 6.07) is 15.1. The van der Waals surface area contributed by atoms with Crippen LogP contribution >= 0.6 is 0 Å². The minimum Gasteiger partial charge on any atom is -0.497 e. The monoisotopic (exact) mass is 382 g/mol. The Morgan fingerprint density at radius 3 is 2.50 bits per heavy atom. The van der Waals surface area contributed by atoms with Gasteiger partial charge in [0.25, 0.3) is 0 Å². The van der Waals surface area contributed by atoms with Crippen LogP contribution in [-0.2, 0) is 9.59 Å². The van der Waals surface area contributed by atoms with E-state index in [-0.39, 0.29) is 30.2 Å². The van der Waals surface area contributed by atoms with E-state index in [1.54, 1.807) is 49.3 Å². The van der Waals surface area contributed by atoms with Gasteiger partial charge in [-0.2, -0.15) is 0 Å².